The van der Waals surface area contributed by atoms with E-state index in [0.29, 0.717) is 19.1 Å². The minimum absolute atomic E-state index is 0.187. The van der Waals surface area contributed by atoms with Gasteiger partial charge in [0.25, 0.3) is 0 Å². The highest BCUT2D eigenvalue weighted by atomic mass is 16.3. The van der Waals surface area contributed by atoms with Crippen LogP contribution in [0.1, 0.15) is 13.8 Å². The summed E-state index contributed by atoms with van der Waals surface area (Å²) in [6.07, 6.45) is -0.654. The predicted molar refractivity (Wildman–Crippen MR) is 48.9 cm³/mol. The largest absolute Gasteiger partial charge is 0.394 e. The quantitative estimate of drug-likeness (QED) is 0.486. The Labute approximate surface area is 74.0 Å². The minimum Gasteiger partial charge on any atom is -0.394 e. The average Bonchev–Trinajstić information content (AvgIpc) is 2.03. The van der Waals surface area contributed by atoms with E-state index < -0.39 is 6.10 Å². The van der Waals surface area contributed by atoms with Gasteiger partial charge in [-0.25, -0.2) is 0 Å². The molecule has 0 saturated heterocycles. The van der Waals surface area contributed by atoms with Crippen molar-refractivity contribution in [3.05, 3.63) is 0 Å². The van der Waals surface area contributed by atoms with E-state index in [2.05, 4.69) is 0 Å². The van der Waals surface area contributed by atoms with Crippen molar-refractivity contribution in [2.24, 2.45) is 5.73 Å². The molecule has 0 aromatic rings. The van der Waals surface area contributed by atoms with Crippen molar-refractivity contribution in [1.29, 1.82) is 0 Å². The molecule has 0 aromatic heterocycles. The number of nitrogens with two attached hydrogens (primary N) is 1. The minimum atomic E-state index is -0.654. The fraction of sp³-hybridized carbons (Fsp3) is 1.00. The highest BCUT2D eigenvalue weighted by molar-refractivity contribution is 4.67. The average molecular weight is 176 g/mol. The molecule has 0 rings (SSSR count). The normalized spacial score (nSPS) is 14.2. The lowest BCUT2D eigenvalue weighted by Crippen LogP contribution is -2.41. The molecule has 0 fully saturated rings. The number of rotatable bonds is 6. The Balaban J connectivity index is 3.77. The molecule has 0 bridgehead atoms. The van der Waals surface area contributed by atoms with Crippen molar-refractivity contribution in [3.63, 3.8) is 0 Å². The highest BCUT2D eigenvalue weighted by Gasteiger charge is 2.12. The van der Waals surface area contributed by atoms with Crippen LogP contribution < -0.4 is 5.73 Å². The van der Waals surface area contributed by atoms with Gasteiger partial charge in [0, 0.05) is 25.7 Å². The van der Waals surface area contributed by atoms with Crippen molar-refractivity contribution in [2.75, 3.05) is 26.2 Å². The third-order valence-electron chi connectivity index (χ3n) is 1.80. The Bertz CT molecular complexity index is 109. The maximum atomic E-state index is 9.17. The van der Waals surface area contributed by atoms with E-state index in [4.69, 9.17) is 10.8 Å². The molecule has 0 radical (unpaired) electrons. The van der Waals surface area contributed by atoms with Crippen LogP contribution in [0.4, 0.5) is 0 Å². The van der Waals surface area contributed by atoms with Crippen LogP contribution in [-0.4, -0.2) is 53.5 Å². The van der Waals surface area contributed by atoms with Crippen LogP contribution in [0.2, 0.25) is 0 Å². The summed E-state index contributed by atoms with van der Waals surface area (Å²) < 4.78 is 0. The molecule has 0 aliphatic carbocycles. The zero-order valence-electron chi connectivity index (χ0n) is 7.90. The van der Waals surface area contributed by atoms with E-state index in [9.17, 15) is 5.11 Å². The van der Waals surface area contributed by atoms with Crippen LogP contribution >= 0.6 is 0 Å². The topological polar surface area (TPSA) is 69.7 Å². The molecule has 74 valence electrons. The number of hydrogen-bond donors (Lipinski definition) is 3. The number of hydrogen-bond acceptors (Lipinski definition) is 4. The van der Waals surface area contributed by atoms with Crippen LogP contribution in [0.3, 0.4) is 0 Å². The standard InChI is InChI=1S/C8H20N2O2/c1-7(2)10(4-3-9)5-8(12)6-11/h7-8,11-12H,3-6,9H2,1-2H3. The van der Waals surface area contributed by atoms with E-state index in [1.165, 1.54) is 0 Å². The molecule has 12 heavy (non-hydrogen) atoms. The number of aliphatic hydroxyl groups is 2. The molecule has 4 heteroatoms. The van der Waals surface area contributed by atoms with Crippen molar-refractivity contribution in [3.8, 4) is 0 Å². The maximum Gasteiger partial charge on any atom is 0.0897 e. The van der Waals surface area contributed by atoms with Crippen molar-refractivity contribution < 1.29 is 10.2 Å². The van der Waals surface area contributed by atoms with Crippen molar-refractivity contribution in [1.82, 2.24) is 4.90 Å². The van der Waals surface area contributed by atoms with Gasteiger partial charge in [0.2, 0.25) is 0 Å². The van der Waals surface area contributed by atoms with Crippen molar-refractivity contribution >= 4 is 0 Å². The van der Waals surface area contributed by atoms with Gasteiger partial charge in [0.15, 0.2) is 0 Å². The van der Waals surface area contributed by atoms with E-state index in [-0.39, 0.29) is 6.61 Å². The Morgan fingerprint density at radius 3 is 2.33 bits per heavy atom. The first-order valence-electron chi connectivity index (χ1n) is 4.34. The number of nitrogens with zero attached hydrogens (tertiary/aromatic N) is 1. The predicted octanol–water partition coefficient (Wildman–Crippen LogP) is -0.991. The first-order chi connectivity index (χ1) is 5.61. The fourth-order valence-corrected chi connectivity index (χ4v) is 1.05. The van der Waals surface area contributed by atoms with E-state index in [0.717, 1.165) is 6.54 Å². The van der Waals surface area contributed by atoms with Crippen LogP contribution in [-0.2, 0) is 0 Å². The molecule has 0 aromatic carbocycles. The highest BCUT2D eigenvalue weighted by Crippen LogP contribution is 1.98. The molecule has 1 unspecified atom stereocenters. The number of aliphatic hydroxyl groups excluding tert-OH is 2. The molecule has 0 spiro atoms. The fourth-order valence-electron chi connectivity index (χ4n) is 1.05. The lowest BCUT2D eigenvalue weighted by atomic mass is 10.2. The lowest BCUT2D eigenvalue weighted by molar-refractivity contribution is 0.0506. The molecule has 0 amide bonds. The molecule has 4 N–H and O–H groups in total. The van der Waals surface area contributed by atoms with Gasteiger partial charge in [-0.15, -0.1) is 0 Å². The summed E-state index contributed by atoms with van der Waals surface area (Å²) in [5.74, 6) is 0. The molecule has 1 atom stereocenters. The molecule has 0 saturated carbocycles. The Morgan fingerprint density at radius 1 is 1.42 bits per heavy atom. The maximum absolute atomic E-state index is 9.17. The molecular formula is C8H20N2O2. The molecule has 0 heterocycles. The summed E-state index contributed by atoms with van der Waals surface area (Å²) in [6, 6.07) is 0.356. The zero-order chi connectivity index (χ0) is 9.56. The van der Waals surface area contributed by atoms with Crippen LogP contribution in [0.15, 0.2) is 0 Å². The van der Waals surface area contributed by atoms with Gasteiger partial charge in [-0.1, -0.05) is 0 Å². The summed E-state index contributed by atoms with van der Waals surface area (Å²) >= 11 is 0. The summed E-state index contributed by atoms with van der Waals surface area (Å²) in [5.41, 5.74) is 5.40. The SMILES string of the molecule is CC(C)N(CCN)CC(O)CO. The molecular weight excluding hydrogens is 156 g/mol. The van der Waals surface area contributed by atoms with Gasteiger partial charge in [-0.2, -0.15) is 0 Å². The van der Waals surface area contributed by atoms with E-state index in [1.54, 1.807) is 0 Å². The van der Waals surface area contributed by atoms with Crippen LogP contribution in [0, 0.1) is 0 Å². The Morgan fingerprint density at radius 2 is 2.00 bits per heavy atom. The third kappa shape index (κ3) is 4.66. The third-order valence-corrected chi connectivity index (χ3v) is 1.80. The summed E-state index contributed by atoms with van der Waals surface area (Å²) in [7, 11) is 0. The first-order valence-corrected chi connectivity index (χ1v) is 4.34. The van der Waals surface area contributed by atoms with Gasteiger partial charge < -0.3 is 15.9 Å². The van der Waals surface area contributed by atoms with Crippen LogP contribution in [0.25, 0.3) is 0 Å². The molecule has 0 aliphatic rings. The second-order valence-electron chi connectivity index (χ2n) is 3.21. The Hall–Kier alpha value is -0.160. The van der Waals surface area contributed by atoms with Gasteiger partial charge in [-0.05, 0) is 13.8 Å². The first kappa shape index (κ1) is 11.8. The van der Waals surface area contributed by atoms with E-state index in [1.807, 2.05) is 18.7 Å². The van der Waals surface area contributed by atoms with Gasteiger partial charge in [-0.3, -0.25) is 4.90 Å². The second-order valence-corrected chi connectivity index (χ2v) is 3.21. The van der Waals surface area contributed by atoms with Gasteiger partial charge >= 0.3 is 0 Å². The van der Waals surface area contributed by atoms with Gasteiger partial charge in [0.1, 0.15) is 0 Å². The summed E-state index contributed by atoms with van der Waals surface area (Å²) in [5, 5.41) is 17.8. The van der Waals surface area contributed by atoms with Gasteiger partial charge in [0.05, 0.1) is 12.7 Å². The monoisotopic (exact) mass is 176 g/mol. The van der Waals surface area contributed by atoms with Crippen molar-refractivity contribution in [2.45, 2.75) is 26.0 Å². The van der Waals surface area contributed by atoms with E-state index >= 15 is 0 Å². The lowest BCUT2D eigenvalue weighted by Gasteiger charge is -2.27. The summed E-state index contributed by atoms with van der Waals surface area (Å²) in [6.45, 7) is 5.73. The molecule has 0 aliphatic heterocycles. The Kier molecular flexibility index (Phi) is 6.28. The molecule has 4 nitrogen and oxygen atoms in total. The van der Waals surface area contributed by atoms with Crippen LogP contribution in [0.5, 0.6) is 0 Å². The zero-order valence-corrected chi connectivity index (χ0v) is 7.90. The summed E-state index contributed by atoms with van der Waals surface area (Å²) in [4.78, 5) is 2.04. The second kappa shape index (κ2) is 6.37. The smallest absolute Gasteiger partial charge is 0.0897 e.